The van der Waals surface area contributed by atoms with E-state index < -0.39 is 6.29 Å². The molecular weight excluding hydrogens is 539 g/mol. The number of urea groups is 1. The quantitative estimate of drug-likeness (QED) is 0.352. The molecule has 6 rings (SSSR count). The van der Waals surface area contributed by atoms with Gasteiger partial charge in [0, 0.05) is 76.8 Å². The number of amides is 2. The number of methoxy groups -OCH3 is 1. The van der Waals surface area contributed by atoms with Gasteiger partial charge >= 0.3 is 6.03 Å². The molecule has 15 heteroatoms. The molecule has 2 aromatic rings. The van der Waals surface area contributed by atoms with Crippen molar-refractivity contribution in [3.8, 4) is 5.75 Å². The van der Waals surface area contributed by atoms with Crippen molar-refractivity contribution in [3.63, 3.8) is 0 Å². The lowest BCUT2D eigenvalue weighted by molar-refractivity contribution is 0.0842. The highest BCUT2D eigenvalue weighted by molar-refractivity contribution is 7.10. The zero-order valence-corrected chi connectivity index (χ0v) is 23.1. The Hall–Kier alpha value is -3.79. The molecule has 0 aliphatic carbocycles. The first kappa shape index (κ1) is 26.4. The molecule has 1 aromatic heterocycles. The molecule has 13 nitrogen and oxygen atoms in total. The summed E-state index contributed by atoms with van der Waals surface area (Å²) in [4.78, 5) is 33.2. The molecule has 2 fully saturated rings. The molecule has 0 spiro atoms. The molecule has 1 unspecified atom stereocenters. The summed E-state index contributed by atoms with van der Waals surface area (Å²) in [5, 5.41) is 7.39. The van der Waals surface area contributed by atoms with Crippen LogP contribution in [0.3, 0.4) is 0 Å². The number of amidine groups is 1. The Morgan fingerprint density at radius 3 is 2.73 bits per heavy atom. The van der Waals surface area contributed by atoms with E-state index in [2.05, 4.69) is 19.8 Å². The zero-order valence-electron chi connectivity index (χ0n) is 22.3. The van der Waals surface area contributed by atoms with Gasteiger partial charge in [-0.15, -0.1) is 11.3 Å². The fourth-order valence-electron chi connectivity index (χ4n) is 5.19. The van der Waals surface area contributed by atoms with E-state index in [0.717, 1.165) is 36.9 Å². The van der Waals surface area contributed by atoms with Crippen molar-refractivity contribution in [3.05, 3.63) is 46.3 Å². The second-order valence-electron chi connectivity index (χ2n) is 9.61. The van der Waals surface area contributed by atoms with Crippen LogP contribution in [0.4, 0.5) is 14.9 Å². The van der Waals surface area contributed by atoms with E-state index in [9.17, 15) is 9.18 Å². The fourth-order valence-corrected chi connectivity index (χ4v) is 5.82. The third-order valence-electron chi connectivity index (χ3n) is 7.29. The minimum atomic E-state index is -0.543. The molecule has 0 bridgehead atoms. The highest BCUT2D eigenvalue weighted by atomic mass is 32.1. The Kier molecular flexibility index (Phi) is 7.27. The molecule has 5 heterocycles. The van der Waals surface area contributed by atoms with E-state index in [-0.39, 0.29) is 17.6 Å². The number of aromatic nitrogens is 1. The number of fused-ring (bicyclic) bond motifs is 3. The molecule has 0 saturated carbocycles. The number of ether oxygens (including phenoxy) is 2. The lowest BCUT2D eigenvalue weighted by Crippen LogP contribution is -2.49. The van der Waals surface area contributed by atoms with Gasteiger partial charge in [0.05, 0.1) is 6.61 Å². The smallest absolute Gasteiger partial charge is 0.341 e. The maximum atomic E-state index is 14.5. The van der Waals surface area contributed by atoms with Crippen LogP contribution in [0.2, 0.25) is 0 Å². The van der Waals surface area contributed by atoms with Crippen LogP contribution in [0.25, 0.3) is 5.70 Å². The number of nitrogens with zero attached hydrogens (tertiary/aromatic N) is 9. The van der Waals surface area contributed by atoms with Crippen LogP contribution < -0.4 is 15.5 Å². The van der Waals surface area contributed by atoms with Crippen molar-refractivity contribution in [2.45, 2.75) is 6.29 Å². The van der Waals surface area contributed by atoms with Crippen molar-refractivity contribution < 1.29 is 18.7 Å². The molecule has 0 radical (unpaired) electrons. The normalized spacial score (nSPS) is 21.0. The predicted octanol–water partition coefficient (Wildman–Crippen LogP) is 1.30. The number of aliphatic imine (C=N–C) groups is 2. The van der Waals surface area contributed by atoms with E-state index in [4.69, 9.17) is 20.3 Å². The second-order valence-corrected chi connectivity index (χ2v) is 10.5. The first-order valence-electron chi connectivity index (χ1n) is 13.0. The summed E-state index contributed by atoms with van der Waals surface area (Å²) >= 11 is 1.47. The number of hydrogen-bond acceptors (Lipinski definition) is 12. The van der Waals surface area contributed by atoms with Crippen molar-refractivity contribution in [2.24, 2.45) is 15.8 Å². The number of nitrogens with two attached hydrogens (primary N) is 1. The molecule has 40 heavy (non-hydrogen) atoms. The van der Waals surface area contributed by atoms with E-state index in [1.165, 1.54) is 28.8 Å². The van der Waals surface area contributed by atoms with Crippen molar-refractivity contribution in [2.75, 3.05) is 71.5 Å². The highest BCUT2D eigenvalue weighted by Gasteiger charge is 2.51. The maximum absolute atomic E-state index is 14.5. The first-order chi connectivity index (χ1) is 19.5. The zero-order chi connectivity index (χ0) is 27.8. The number of thiazole rings is 1. The summed E-state index contributed by atoms with van der Waals surface area (Å²) in [5.74, 6) is 6.55. The van der Waals surface area contributed by atoms with Gasteiger partial charge in [-0.1, -0.05) is 0 Å². The van der Waals surface area contributed by atoms with Crippen LogP contribution in [0.5, 0.6) is 5.75 Å². The summed E-state index contributed by atoms with van der Waals surface area (Å²) in [5.41, 5.74) is 2.13. The number of halogens is 1. The molecule has 1 aromatic carbocycles. The number of piperazine rings is 1. The van der Waals surface area contributed by atoms with Gasteiger partial charge in [0.1, 0.15) is 29.3 Å². The van der Waals surface area contributed by atoms with Gasteiger partial charge in [-0.25, -0.2) is 45.0 Å². The number of hydrazine groups is 2. The van der Waals surface area contributed by atoms with Crippen LogP contribution >= 0.6 is 11.3 Å². The Morgan fingerprint density at radius 1 is 1.18 bits per heavy atom. The SMILES string of the molecule is COCCOc1ccc(N2CCN(CCN3C(=O)N(C)N4C5=C(c6nccs6)N=CN(N)C5=NC34)CC2)cc1F. The lowest BCUT2D eigenvalue weighted by atomic mass is 10.2. The summed E-state index contributed by atoms with van der Waals surface area (Å²) in [6.07, 6.45) is 2.69. The molecule has 4 aliphatic rings. The van der Waals surface area contributed by atoms with Crippen LogP contribution in [-0.4, -0.2) is 121 Å². The van der Waals surface area contributed by atoms with Gasteiger partial charge in [-0.05, 0) is 12.1 Å². The predicted molar refractivity (Wildman–Crippen MR) is 149 cm³/mol. The van der Waals surface area contributed by atoms with Gasteiger partial charge in [0.2, 0.25) is 6.29 Å². The third-order valence-corrected chi connectivity index (χ3v) is 8.07. The minimum absolute atomic E-state index is 0.140. The molecular formula is C25H31FN10O3S. The number of carbonyl (C=O) groups excluding carboxylic acids is 1. The van der Waals surface area contributed by atoms with Gasteiger partial charge in [-0.3, -0.25) is 9.80 Å². The Labute approximate surface area is 235 Å². The van der Waals surface area contributed by atoms with Crippen LogP contribution in [-0.2, 0) is 4.74 Å². The largest absolute Gasteiger partial charge is 0.488 e. The number of benzene rings is 1. The van der Waals surface area contributed by atoms with E-state index >= 15 is 0 Å². The molecule has 2 N–H and O–H groups in total. The third kappa shape index (κ3) is 4.74. The average molecular weight is 571 g/mol. The second kappa shape index (κ2) is 11.0. The van der Waals surface area contributed by atoms with Crippen LogP contribution in [0, 0.1) is 5.82 Å². The number of rotatable bonds is 9. The van der Waals surface area contributed by atoms with Crippen molar-refractivity contribution in [1.82, 2.24) is 29.8 Å². The maximum Gasteiger partial charge on any atom is 0.341 e. The van der Waals surface area contributed by atoms with Gasteiger partial charge in [-0.2, -0.15) is 0 Å². The number of anilines is 1. The highest BCUT2D eigenvalue weighted by Crippen LogP contribution is 2.38. The standard InChI is InChI=1S/C25H31FN10O3S/c1-31-25(37)34(24-30-22-21(36(24)31)20(29-16-35(22)27)23-28-5-14-40-23)11-8-32-6-9-33(10-7-32)17-3-4-19(18(26)15-17)39-13-12-38-2/h3-5,14-16,24H,6-13,27H2,1-2H3. The van der Waals surface area contributed by atoms with E-state index in [0.29, 0.717) is 43.5 Å². The molecule has 1 atom stereocenters. The fraction of sp³-hybridized carbons (Fsp3) is 0.440. The topological polar surface area (TPSA) is 119 Å². The van der Waals surface area contributed by atoms with Gasteiger partial charge < -0.3 is 14.4 Å². The Morgan fingerprint density at radius 2 is 2.00 bits per heavy atom. The molecule has 212 valence electrons. The van der Waals surface area contributed by atoms with E-state index in [1.54, 1.807) is 36.3 Å². The lowest BCUT2D eigenvalue weighted by Gasteiger charge is -2.36. The summed E-state index contributed by atoms with van der Waals surface area (Å²) in [6, 6.07) is 4.92. The van der Waals surface area contributed by atoms with E-state index in [1.807, 2.05) is 16.5 Å². The first-order valence-corrected chi connectivity index (χ1v) is 13.9. The summed E-state index contributed by atoms with van der Waals surface area (Å²) in [6.45, 7) is 4.96. The van der Waals surface area contributed by atoms with Gasteiger partial charge in [0.15, 0.2) is 17.4 Å². The van der Waals surface area contributed by atoms with Gasteiger partial charge in [0.25, 0.3) is 0 Å². The van der Waals surface area contributed by atoms with Crippen LogP contribution in [0.15, 0.2) is 45.5 Å². The van der Waals surface area contributed by atoms with Crippen LogP contribution in [0.1, 0.15) is 5.01 Å². The summed E-state index contributed by atoms with van der Waals surface area (Å²) in [7, 11) is 3.31. The number of carbonyl (C=O) groups is 1. The monoisotopic (exact) mass is 570 g/mol. The summed E-state index contributed by atoms with van der Waals surface area (Å²) < 4.78 is 24.9. The minimum Gasteiger partial charge on any atom is -0.488 e. The Bertz CT molecular complexity index is 1340. The molecule has 2 amide bonds. The van der Waals surface area contributed by atoms with Crippen molar-refractivity contribution in [1.29, 1.82) is 0 Å². The average Bonchev–Trinajstić information content (AvgIpc) is 3.68. The molecule has 4 aliphatic heterocycles. The molecule has 2 saturated heterocycles. The van der Waals surface area contributed by atoms with Crippen molar-refractivity contribution >= 4 is 40.9 Å². The Balaban J connectivity index is 1.08. The number of hydrogen-bond donors (Lipinski definition) is 1.